The molecule has 2 amide bonds. The maximum atomic E-state index is 12.2. The van der Waals surface area contributed by atoms with Crippen molar-refractivity contribution in [3.05, 3.63) is 35.9 Å². The molecule has 0 saturated carbocycles. The Morgan fingerprint density at radius 3 is 2.48 bits per heavy atom. The Morgan fingerprint density at radius 1 is 1.04 bits per heavy atom. The van der Waals surface area contributed by atoms with Gasteiger partial charge in [-0.15, -0.1) is 0 Å². The van der Waals surface area contributed by atoms with E-state index in [0.717, 1.165) is 45.6 Å². The number of unbranched alkanes of at least 4 members (excludes halogenated alkanes) is 2. The molecule has 0 atom stereocenters. The minimum atomic E-state index is 0.103. The Balaban J connectivity index is 1.56. The lowest BCUT2D eigenvalue weighted by Gasteiger charge is -2.34. The summed E-state index contributed by atoms with van der Waals surface area (Å²) in [6.45, 7) is 7.92. The highest BCUT2D eigenvalue weighted by atomic mass is 16.2. The fourth-order valence-electron chi connectivity index (χ4n) is 3.00. The highest BCUT2D eigenvalue weighted by Crippen LogP contribution is 2.05. The van der Waals surface area contributed by atoms with E-state index in [0.29, 0.717) is 0 Å². The van der Waals surface area contributed by atoms with Gasteiger partial charge in [0.15, 0.2) is 0 Å². The lowest BCUT2D eigenvalue weighted by molar-refractivity contribution is 0.138. The molecule has 0 aliphatic carbocycles. The van der Waals surface area contributed by atoms with Crippen molar-refractivity contribution in [1.82, 2.24) is 15.1 Å². The van der Waals surface area contributed by atoms with E-state index < -0.39 is 0 Å². The molecule has 1 aromatic carbocycles. The Labute approximate surface area is 140 Å². The number of hydrogen-bond donors (Lipinski definition) is 1. The maximum Gasteiger partial charge on any atom is 0.317 e. The highest BCUT2D eigenvalue weighted by Gasteiger charge is 2.20. The third kappa shape index (κ3) is 6.61. The number of aryl methyl sites for hydroxylation is 1. The normalized spacial score (nSPS) is 15.6. The van der Waals surface area contributed by atoms with Crippen LogP contribution in [0.2, 0.25) is 0 Å². The van der Waals surface area contributed by atoms with Gasteiger partial charge in [0.2, 0.25) is 0 Å². The summed E-state index contributed by atoms with van der Waals surface area (Å²) in [7, 11) is 0. The van der Waals surface area contributed by atoms with E-state index in [-0.39, 0.29) is 6.03 Å². The standard InChI is InChI=1S/C19H31N3O/c1-2-3-7-13-21-14-16-22(17-15-21)19(23)20-12-8-11-18-9-5-4-6-10-18/h4-6,9-10H,2-3,7-8,11-17H2,1H3,(H,20,23). The molecule has 1 fully saturated rings. The minimum absolute atomic E-state index is 0.103. The number of urea groups is 1. The number of nitrogens with one attached hydrogen (secondary N) is 1. The van der Waals surface area contributed by atoms with Gasteiger partial charge < -0.3 is 10.2 Å². The summed E-state index contributed by atoms with van der Waals surface area (Å²) < 4.78 is 0. The van der Waals surface area contributed by atoms with Gasteiger partial charge in [-0.1, -0.05) is 50.1 Å². The van der Waals surface area contributed by atoms with E-state index in [1.54, 1.807) is 0 Å². The van der Waals surface area contributed by atoms with Gasteiger partial charge in [0.25, 0.3) is 0 Å². The van der Waals surface area contributed by atoms with Gasteiger partial charge in [0.05, 0.1) is 0 Å². The zero-order valence-electron chi connectivity index (χ0n) is 14.5. The van der Waals surface area contributed by atoms with Gasteiger partial charge in [-0.25, -0.2) is 4.79 Å². The Bertz CT molecular complexity index is 441. The van der Waals surface area contributed by atoms with E-state index in [1.807, 2.05) is 11.0 Å². The van der Waals surface area contributed by atoms with Crippen LogP contribution in [0, 0.1) is 0 Å². The molecule has 1 saturated heterocycles. The number of hydrogen-bond acceptors (Lipinski definition) is 2. The molecule has 4 nitrogen and oxygen atoms in total. The first-order valence-corrected chi connectivity index (χ1v) is 9.08. The number of nitrogens with zero attached hydrogens (tertiary/aromatic N) is 2. The molecule has 128 valence electrons. The summed E-state index contributed by atoms with van der Waals surface area (Å²) in [5.41, 5.74) is 1.34. The quantitative estimate of drug-likeness (QED) is 0.748. The van der Waals surface area contributed by atoms with Crippen LogP contribution in [0.1, 0.15) is 38.2 Å². The van der Waals surface area contributed by atoms with Crippen molar-refractivity contribution >= 4 is 6.03 Å². The third-order valence-electron chi connectivity index (χ3n) is 4.50. The molecular weight excluding hydrogens is 286 g/mol. The number of carbonyl (C=O) groups is 1. The van der Waals surface area contributed by atoms with Crippen LogP contribution >= 0.6 is 0 Å². The number of rotatable bonds is 8. The van der Waals surface area contributed by atoms with Crippen LogP contribution < -0.4 is 5.32 Å². The van der Waals surface area contributed by atoms with Crippen LogP contribution in [-0.4, -0.2) is 55.1 Å². The average Bonchev–Trinajstić information content (AvgIpc) is 2.60. The average molecular weight is 317 g/mol. The van der Waals surface area contributed by atoms with Crippen LogP contribution in [0.25, 0.3) is 0 Å². The van der Waals surface area contributed by atoms with E-state index >= 15 is 0 Å². The molecule has 1 heterocycles. The molecule has 1 N–H and O–H groups in total. The van der Waals surface area contributed by atoms with E-state index in [4.69, 9.17) is 0 Å². The molecule has 0 aromatic heterocycles. The van der Waals surface area contributed by atoms with Gasteiger partial charge in [0.1, 0.15) is 0 Å². The monoisotopic (exact) mass is 317 g/mol. The molecular formula is C19H31N3O. The van der Waals surface area contributed by atoms with Gasteiger partial charge in [-0.3, -0.25) is 4.90 Å². The topological polar surface area (TPSA) is 35.6 Å². The third-order valence-corrected chi connectivity index (χ3v) is 4.50. The lowest BCUT2D eigenvalue weighted by Crippen LogP contribution is -2.52. The van der Waals surface area contributed by atoms with Crippen molar-refractivity contribution in [1.29, 1.82) is 0 Å². The van der Waals surface area contributed by atoms with Crippen LogP contribution in [0.5, 0.6) is 0 Å². The molecule has 2 rings (SSSR count). The first kappa shape index (κ1) is 17.8. The fraction of sp³-hybridized carbons (Fsp3) is 0.632. The van der Waals surface area contributed by atoms with Crippen molar-refractivity contribution in [2.24, 2.45) is 0 Å². The Hall–Kier alpha value is -1.55. The predicted octanol–water partition coefficient (Wildman–Crippen LogP) is 3.14. The van der Waals surface area contributed by atoms with Crippen LogP contribution in [-0.2, 0) is 6.42 Å². The van der Waals surface area contributed by atoms with Crippen molar-refractivity contribution in [3.8, 4) is 0 Å². The molecule has 0 spiro atoms. The van der Waals surface area contributed by atoms with E-state index in [2.05, 4.69) is 41.4 Å². The highest BCUT2D eigenvalue weighted by molar-refractivity contribution is 5.74. The molecule has 1 aliphatic rings. The molecule has 23 heavy (non-hydrogen) atoms. The summed E-state index contributed by atoms with van der Waals surface area (Å²) in [6, 6.07) is 10.5. The Morgan fingerprint density at radius 2 is 1.78 bits per heavy atom. The fourth-order valence-corrected chi connectivity index (χ4v) is 3.00. The van der Waals surface area contributed by atoms with Crippen molar-refractivity contribution < 1.29 is 4.79 Å². The molecule has 1 aromatic rings. The summed E-state index contributed by atoms with van der Waals surface area (Å²) in [4.78, 5) is 16.6. The van der Waals surface area contributed by atoms with Gasteiger partial charge >= 0.3 is 6.03 Å². The van der Waals surface area contributed by atoms with E-state index in [1.165, 1.54) is 31.4 Å². The summed E-state index contributed by atoms with van der Waals surface area (Å²) in [5, 5.41) is 3.06. The van der Waals surface area contributed by atoms with Gasteiger partial charge in [0, 0.05) is 32.7 Å². The van der Waals surface area contributed by atoms with Crippen LogP contribution in [0.3, 0.4) is 0 Å². The van der Waals surface area contributed by atoms with Crippen LogP contribution in [0.15, 0.2) is 30.3 Å². The molecule has 0 radical (unpaired) electrons. The zero-order valence-corrected chi connectivity index (χ0v) is 14.5. The van der Waals surface area contributed by atoms with Gasteiger partial charge in [-0.2, -0.15) is 0 Å². The van der Waals surface area contributed by atoms with Crippen molar-refractivity contribution in [2.75, 3.05) is 39.3 Å². The molecule has 0 bridgehead atoms. The van der Waals surface area contributed by atoms with Crippen molar-refractivity contribution in [3.63, 3.8) is 0 Å². The predicted molar refractivity (Wildman–Crippen MR) is 95.7 cm³/mol. The van der Waals surface area contributed by atoms with E-state index in [9.17, 15) is 4.79 Å². The second kappa shape index (κ2) is 10.3. The molecule has 4 heteroatoms. The summed E-state index contributed by atoms with van der Waals surface area (Å²) in [6.07, 6.45) is 5.87. The zero-order chi connectivity index (χ0) is 16.3. The van der Waals surface area contributed by atoms with Crippen LogP contribution in [0.4, 0.5) is 4.79 Å². The minimum Gasteiger partial charge on any atom is -0.338 e. The number of piperazine rings is 1. The first-order valence-electron chi connectivity index (χ1n) is 9.08. The summed E-state index contributed by atoms with van der Waals surface area (Å²) >= 11 is 0. The first-order chi connectivity index (χ1) is 11.3. The lowest BCUT2D eigenvalue weighted by atomic mass is 10.1. The molecule has 1 aliphatic heterocycles. The Kier molecular flexibility index (Phi) is 7.95. The second-order valence-electron chi connectivity index (χ2n) is 6.36. The number of carbonyl (C=O) groups excluding carboxylic acids is 1. The largest absolute Gasteiger partial charge is 0.338 e. The van der Waals surface area contributed by atoms with Crippen molar-refractivity contribution in [2.45, 2.75) is 39.0 Å². The summed E-state index contributed by atoms with van der Waals surface area (Å²) in [5.74, 6) is 0. The maximum absolute atomic E-state index is 12.2. The molecule has 0 unspecified atom stereocenters. The smallest absolute Gasteiger partial charge is 0.317 e. The number of amides is 2. The van der Waals surface area contributed by atoms with Gasteiger partial charge in [-0.05, 0) is 31.4 Å². The second-order valence-corrected chi connectivity index (χ2v) is 6.36. The SMILES string of the molecule is CCCCCN1CCN(C(=O)NCCCc2ccccc2)CC1. The number of benzene rings is 1.